The molecule has 0 aliphatic rings. The second kappa shape index (κ2) is 7.75. The van der Waals surface area contributed by atoms with E-state index >= 15 is 0 Å². The molecule has 0 aliphatic carbocycles. The van der Waals surface area contributed by atoms with E-state index < -0.39 is 0 Å². The van der Waals surface area contributed by atoms with Crippen LogP contribution in [-0.2, 0) is 6.42 Å². The zero-order valence-corrected chi connectivity index (χ0v) is 12.3. The predicted molar refractivity (Wildman–Crippen MR) is 82.6 cm³/mol. The molecule has 0 spiro atoms. The van der Waals surface area contributed by atoms with Gasteiger partial charge in [-0.3, -0.25) is 0 Å². The summed E-state index contributed by atoms with van der Waals surface area (Å²) in [6.45, 7) is 5.33. The van der Waals surface area contributed by atoms with Crippen LogP contribution in [0.15, 0.2) is 43.0 Å². The first-order chi connectivity index (χ1) is 9.79. The molecule has 2 rings (SSSR count). The summed E-state index contributed by atoms with van der Waals surface area (Å²) in [4.78, 5) is 8.26. The van der Waals surface area contributed by atoms with Gasteiger partial charge in [-0.1, -0.05) is 36.8 Å². The van der Waals surface area contributed by atoms with E-state index in [-0.39, 0.29) is 0 Å². The molecule has 1 unspecified atom stereocenters. The van der Waals surface area contributed by atoms with Gasteiger partial charge in [-0.25, -0.2) is 9.97 Å². The minimum absolute atomic E-state index is 0.331. The molecule has 1 aromatic carbocycles. The quantitative estimate of drug-likeness (QED) is 0.836. The number of hydrogen-bond acceptors (Lipinski definition) is 3. The van der Waals surface area contributed by atoms with Gasteiger partial charge >= 0.3 is 0 Å². The summed E-state index contributed by atoms with van der Waals surface area (Å²) in [5.41, 5.74) is 3.87. The zero-order valence-electron chi connectivity index (χ0n) is 12.3. The van der Waals surface area contributed by atoms with Gasteiger partial charge in [-0.2, -0.15) is 0 Å². The van der Waals surface area contributed by atoms with Crippen molar-refractivity contribution in [1.29, 1.82) is 0 Å². The molecule has 2 aromatic rings. The van der Waals surface area contributed by atoms with E-state index in [1.165, 1.54) is 16.7 Å². The molecule has 0 saturated heterocycles. The molecule has 106 valence electrons. The van der Waals surface area contributed by atoms with Crippen LogP contribution in [0.25, 0.3) is 0 Å². The van der Waals surface area contributed by atoms with Crippen LogP contribution >= 0.6 is 0 Å². The van der Waals surface area contributed by atoms with Crippen molar-refractivity contribution in [3.63, 3.8) is 0 Å². The third kappa shape index (κ3) is 4.42. The summed E-state index contributed by atoms with van der Waals surface area (Å²) in [7, 11) is 0. The van der Waals surface area contributed by atoms with Crippen molar-refractivity contribution in [2.24, 2.45) is 0 Å². The first-order valence-corrected chi connectivity index (χ1v) is 7.33. The molecule has 1 N–H and O–H groups in total. The van der Waals surface area contributed by atoms with Gasteiger partial charge in [-0.15, -0.1) is 0 Å². The first kappa shape index (κ1) is 14.7. The van der Waals surface area contributed by atoms with Crippen LogP contribution in [0.1, 0.15) is 42.5 Å². The number of aromatic nitrogens is 2. The Balaban J connectivity index is 1.99. The molecule has 1 heterocycles. The number of nitrogens with one attached hydrogen (secondary N) is 1. The van der Waals surface area contributed by atoms with Crippen molar-refractivity contribution in [2.45, 2.75) is 39.2 Å². The van der Waals surface area contributed by atoms with E-state index in [1.54, 1.807) is 6.33 Å². The van der Waals surface area contributed by atoms with Crippen LogP contribution in [0.5, 0.6) is 0 Å². The Bertz CT molecular complexity index is 493. The van der Waals surface area contributed by atoms with Crippen molar-refractivity contribution in [1.82, 2.24) is 15.3 Å². The lowest BCUT2D eigenvalue weighted by atomic mass is 10.0. The molecule has 1 aromatic heterocycles. The third-order valence-corrected chi connectivity index (χ3v) is 3.47. The summed E-state index contributed by atoms with van der Waals surface area (Å²) in [6.07, 6.45) is 8.67. The maximum absolute atomic E-state index is 4.13. The number of hydrogen-bond donors (Lipinski definition) is 1. The molecule has 3 nitrogen and oxygen atoms in total. The van der Waals surface area contributed by atoms with Crippen molar-refractivity contribution >= 4 is 0 Å². The lowest BCUT2D eigenvalue weighted by molar-refractivity contribution is 0.496. The molecule has 3 heteroatoms. The summed E-state index contributed by atoms with van der Waals surface area (Å²) in [6, 6.07) is 9.11. The zero-order chi connectivity index (χ0) is 14.2. The highest BCUT2D eigenvalue weighted by atomic mass is 14.9. The Morgan fingerprint density at radius 1 is 1.10 bits per heavy atom. The highest BCUT2D eigenvalue weighted by Gasteiger charge is 2.11. The Kier molecular flexibility index (Phi) is 5.69. The van der Waals surface area contributed by atoms with Gasteiger partial charge in [0.05, 0.1) is 0 Å². The second-order valence-corrected chi connectivity index (χ2v) is 5.20. The first-order valence-electron chi connectivity index (χ1n) is 7.33. The van der Waals surface area contributed by atoms with Crippen LogP contribution < -0.4 is 5.32 Å². The highest BCUT2D eigenvalue weighted by molar-refractivity contribution is 5.22. The van der Waals surface area contributed by atoms with Gasteiger partial charge in [-0.05, 0) is 38.3 Å². The van der Waals surface area contributed by atoms with E-state index in [4.69, 9.17) is 0 Å². The van der Waals surface area contributed by atoms with Crippen molar-refractivity contribution < 1.29 is 0 Å². The van der Waals surface area contributed by atoms with Gasteiger partial charge < -0.3 is 5.32 Å². The van der Waals surface area contributed by atoms with Crippen LogP contribution in [0.3, 0.4) is 0 Å². The van der Waals surface area contributed by atoms with Gasteiger partial charge in [0, 0.05) is 24.0 Å². The van der Waals surface area contributed by atoms with E-state index in [0.29, 0.717) is 6.04 Å². The smallest absolute Gasteiger partial charge is 0.115 e. The highest BCUT2D eigenvalue weighted by Crippen LogP contribution is 2.18. The minimum Gasteiger partial charge on any atom is -0.310 e. The summed E-state index contributed by atoms with van der Waals surface area (Å²) in [5.74, 6) is 0. The molecule has 20 heavy (non-hydrogen) atoms. The fourth-order valence-electron chi connectivity index (χ4n) is 2.26. The van der Waals surface area contributed by atoms with Gasteiger partial charge in [0.1, 0.15) is 6.33 Å². The predicted octanol–water partition coefficient (Wildman–Crippen LogP) is 3.46. The van der Waals surface area contributed by atoms with Crippen LogP contribution in [-0.4, -0.2) is 16.5 Å². The monoisotopic (exact) mass is 269 g/mol. The second-order valence-electron chi connectivity index (χ2n) is 5.20. The number of benzene rings is 1. The van der Waals surface area contributed by atoms with Crippen LogP contribution in [0.2, 0.25) is 0 Å². The van der Waals surface area contributed by atoms with E-state index in [1.807, 2.05) is 12.4 Å². The lowest BCUT2D eigenvalue weighted by Gasteiger charge is -2.18. The van der Waals surface area contributed by atoms with Crippen molar-refractivity contribution in [3.05, 3.63) is 59.7 Å². The molecular formula is C17H23N3. The van der Waals surface area contributed by atoms with E-state index in [2.05, 4.69) is 53.4 Å². The molecular weight excluding hydrogens is 246 g/mol. The molecule has 0 amide bonds. The Hall–Kier alpha value is -1.74. The fourth-order valence-corrected chi connectivity index (χ4v) is 2.26. The Morgan fingerprint density at radius 2 is 1.80 bits per heavy atom. The van der Waals surface area contributed by atoms with E-state index in [9.17, 15) is 0 Å². The topological polar surface area (TPSA) is 37.8 Å². The average Bonchev–Trinajstić information content (AvgIpc) is 2.50. The van der Waals surface area contributed by atoms with Gasteiger partial charge in [0.25, 0.3) is 0 Å². The van der Waals surface area contributed by atoms with Crippen LogP contribution in [0.4, 0.5) is 0 Å². The molecule has 0 aliphatic heterocycles. The SMILES string of the molecule is CCCNC(CCc1ccc(C)cc1)c1cncnc1. The summed E-state index contributed by atoms with van der Waals surface area (Å²) < 4.78 is 0. The number of nitrogens with zero attached hydrogens (tertiary/aromatic N) is 2. The summed E-state index contributed by atoms with van der Waals surface area (Å²) >= 11 is 0. The Labute approximate surface area is 121 Å². The normalized spacial score (nSPS) is 12.3. The number of rotatable bonds is 7. The maximum Gasteiger partial charge on any atom is 0.115 e. The van der Waals surface area contributed by atoms with Gasteiger partial charge in [0.15, 0.2) is 0 Å². The standard InChI is InChI=1S/C17H23N3/c1-3-10-20-17(16-11-18-13-19-12-16)9-8-15-6-4-14(2)5-7-15/h4-7,11-13,17,20H,3,8-10H2,1-2H3. The Morgan fingerprint density at radius 3 is 2.45 bits per heavy atom. The number of aryl methyl sites for hydroxylation is 2. The summed E-state index contributed by atoms with van der Waals surface area (Å²) in [5, 5.41) is 3.59. The largest absolute Gasteiger partial charge is 0.310 e. The fraction of sp³-hybridized carbons (Fsp3) is 0.412. The third-order valence-electron chi connectivity index (χ3n) is 3.47. The molecule has 0 radical (unpaired) electrons. The van der Waals surface area contributed by atoms with E-state index in [0.717, 1.165) is 25.8 Å². The molecule has 1 atom stereocenters. The molecule has 0 bridgehead atoms. The minimum atomic E-state index is 0.331. The lowest BCUT2D eigenvalue weighted by Crippen LogP contribution is -2.23. The average molecular weight is 269 g/mol. The maximum atomic E-state index is 4.13. The van der Waals surface area contributed by atoms with Crippen molar-refractivity contribution in [2.75, 3.05) is 6.54 Å². The van der Waals surface area contributed by atoms with Crippen molar-refractivity contribution in [3.8, 4) is 0 Å². The molecule has 0 fully saturated rings. The molecule has 0 saturated carbocycles. The van der Waals surface area contributed by atoms with Gasteiger partial charge in [0.2, 0.25) is 0 Å². The van der Waals surface area contributed by atoms with Crippen LogP contribution in [0, 0.1) is 6.92 Å².